The molecule has 0 aliphatic carbocycles. The second-order valence-corrected chi connectivity index (χ2v) is 6.96. The van der Waals surface area contributed by atoms with Crippen LogP contribution in [-0.4, -0.2) is 41.5 Å². The molecule has 1 atom stereocenters. The molecule has 0 aromatic rings. The lowest BCUT2D eigenvalue weighted by molar-refractivity contribution is 0.457. The van der Waals surface area contributed by atoms with Gasteiger partial charge >= 0.3 is 0 Å². The van der Waals surface area contributed by atoms with Gasteiger partial charge in [0.2, 0.25) is 0 Å². The van der Waals surface area contributed by atoms with Gasteiger partial charge < -0.3 is 0 Å². The van der Waals surface area contributed by atoms with Crippen LogP contribution in [-0.2, 0) is 20.2 Å². The second-order valence-electron chi connectivity index (χ2n) is 2.31. The van der Waals surface area contributed by atoms with Crippen molar-refractivity contribution in [3.05, 3.63) is 0 Å². The van der Waals surface area contributed by atoms with Crippen molar-refractivity contribution in [2.45, 2.75) is 4.08 Å². The average molecular weight is 268 g/mol. The van der Waals surface area contributed by atoms with Gasteiger partial charge in [-0.15, -0.1) is 0 Å². The van der Waals surface area contributed by atoms with Gasteiger partial charge in [-0.2, -0.15) is 42.1 Å². The van der Waals surface area contributed by atoms with Crippen LogP contribution in [0.3, 0.4) is 0 Å². The fourth-order valence-electron chi connectivity index (χ4n) is 0.487. The highest BCUT2D eigenvalue weighted by atomic mass is 32.3. The minimum absolute atomic E-state index is 0.547. The van der Waals surface area contributed by atoms with E-state index in [1.165, 1.54) is 0 Å². The molecule has 0 rings (SSSR count). The van der Waals surface area contributed by atoms with Crippen molar-refractivity contribution in [1.82, 2.24) is 0 Å². The van der Waals surface area contributed by atoms with E-state index in [-0.39, 0.29) is 0 Å². The molecule has 0 aromatic heterocycles. The first-order valence-corrected chi connectivity index (χ1v) is 6.90. The van der Waals surface area contributed by atoms with Crippen LogP contribution in [0.25, 0.3) is 0 Å². The molecule has 6 nitrogen and oxygen atoms in total. The molecule has 0 fully saturated rings. The van der Waals surface area contributed by atoms with Crippen LogP contribution in [0, 0.1) is 0 Å². The summed E-state index contributed by atoms with van der Waals surface area (Å²) in [4.78, 5) is 0. The topological polar surface area (TPSA) is 109 Å². The zero-order chi connectivity index (χ0) is 10.9. The lowest BCUT2D eigenvalue weighted by atomic mass is 10.5. The van der Waals surface area contributed by atoms with Gasteiger partial charge in [-0.05, 0) is 0 Å². The highest BCUT2D eigenvalue weighted by Gasteiger charge is 2.42. The summed E-state index contributed by atoms with van der Waals surface area (Å²) in [5, 5.41) is 0. The molecule has 0 aliphatic rings. The summed E-state index contributed by atoms with van der Waals surface area (Å²) in [5.41, 5.74) is 0. The Labute approximate surface area is 87.0 Å². The standard InChI is InChI=1S/C3H8O6S4/c4-12(5,6)2-3(11,1-10)13(7,8)9/h10-11H,1-2H2,(H,4,5,6)(H,7,8,9). The Morgan fingerprint density at radius 2 is 1.54 bits per heavy atom. The Morgan fingerprint density at radius 1 is 1.15 bits per heavy atom. The summed E-state index contributed by atoms with van der Waals surface area (Å²) in [7, 11) is -9.24. The molecule has 0 bridgehead atoms. The lowest BCUT2D eigenvalue weighted by Crippen LogP contribution is -2.41. The van der Waals surface area contributed by atoms with Crippen LogP contribution in [0.2, 0.25) is 0 Å². The van der Waals surface area contributed by atoms with Crippen LogP contribution < -0.4 is 0 Å². The quantitative estimate of drug-likeness (QED) is 0.397. The molecule has 1 unspecified atom stereocenters. The van der Waals surface area contributed by atoms with Crippen molar-refractivity contribution in [2.24, 2.45) is 0 Å². The van der Waals surface area contributed by atoms with Crippen LogP contribution in [0.5, 0.6) is 0 Å². The van der Waals surface area contributed by atoms with Gasteiger partial charge in [0.15, 0.2) is 4.08 Å². The van der Waals surface area contributed by atoms with Crippen LogP contribution in [0.15, 0.2) is 0 Å². The second kappa shape index (κ2) is 3.95. The minimum atomic E-state index is -4.70. The monoisotopic (exact) mass is 268 g/mol. The first kappa shape index (κ1) is 13.5. The van der Waals surface area contributed by atoms with Crippen molar-refractivity contribution in [2.75, 3.05) is 11.5 Å². The van der Waals surface area contributed by atoms with Crippen molar-refractivity contribution in [1.29, 1.82) is 0 Å². The van der Waals surface area contributed by atoms with Crippen molar-refractivity contribution < 1.29 is 25.9 Å². The van der Waals surface area contributed by atoms with Crippen LogP contribution >= 0.6 is 25.3 Å². The Morgan fingerprint density at radius 3 is 1.62 bits per heavy atom. The Balaban J connectivity index is 5.12. The highest BCUT2D eigenvalue weighted by Crippen LogP contribution is 2.24. The van der Waals surface area contributed by atoms with Gasteiger partial charge in [0.1, 0.15) is 5.75 Å². The Hall–Kier alpha value is 0.520. The molecule has 0 radical (unpaired) electrons. The molecule has 0 spiro atoms. The summed E-state index contributed by atoms with van der Waals surface area (Å²) in [5.74, 6) is -1.76. The zero-order valence-corrected chi connectivity index (χ0v) is 9.57. The summed E-state index contributed by atoms with van der Waals surface area (Å²) in [6.07, 6.45) is 0. The average Bonchev–Trinajstić information content (AvgIpc) is 1.81. The number of thiol groups is 2. The zero-order valence-electron chi connectivity index (χ0n) is 6.15. The molecule has 13 heavy (non-hydrogen) atoms. The normalized spacial score (nSPS) is 18.2. The van der Waals surface area contributed by atoms with E-state index in [1.54, 1.807) is 0 Å². The third kappa shape index (κ3) is 4.04. The van der Waals surface area contributed by atoms with Crippen molar-refractivity contribution >= 4 is 45.5 Å². The first-order chi connectivity index (χ1) is 5.52. The van der Waals surface area contributed by atoms with Crippen molar-refractivity contribution in [3.8, 4) is 0 Å². The van der Waals surface area contributed by atoms with Gasteiger partial charge in [-0.25, -0.2) is 0 Å². The maximum atomic E-state index is 10.6. The van der Waals surface area contributed by atoms with E-state index in [4.69, 9.17) is 9.11 Å². The van der Waals surface area contributed by atoms with E-state index in [1.807, 2.05) is 0 Å². The SMILES string of the molecule is O=S(=O)(O)CC(S)(CS)S(=O)(=O)O. The molecule has 2 N–H and O–H groups in total. The van der Waals surface area contributed by atoms with Crippen LogP contribution in [0.4, 0.5) is 0 Å². The van der Waals surface area contributed by atoms with Crippen LogP contribution in [0.1, 0.15) is 0 Å². The molecule has 0 amide bonds. The maximum Gasteiger partial charge on any atom is 0.281 e. The number of hydrogen-bond acceptors (Lipinski definition) is 6. The summed E-state index contributed by atoms with van der Waals surface area (Å²) < 4.78 is 56.6. The van der Waals surface area contributed by atoms with Crippen molar-refractivity contribution in [3.63, 3.8) is 0 Å². The highest BCUT2D eigenvalue weighted by molar-refractivity contribution is 8.05. The van der Waals surface area contributed by atoms with Gasteiger partial charge in [0.05, 0.1) is 0 Å². The Kier molecular flexibility index (Phi) is 4.10. The fourth-order valence-corrected chi connectivity index (χ4v) is 3.61. The Bertz CT molecular complexity index is 367. The van der Waals surface area contributed by atoms with E-state index in [9.17, 15) is 16.8 Å². The van der Waals surface area contributed by atoms with Gasteiger partial charge in [-0.1, -0.05) is 0 Å². The molecule has 80 valence electrons. The lowest BCUT2D eigenvalue weighted by Gasteiger charge is -2.20. The molecule has 10 heteroatoms. The fraction of sp³-hybridized carbons (Fsp3) is 1.00. The molecule has 0 saturated heterocycles. The van der Waals surface area contributed by atoms with Gasteiger partial charge in [0.25, 0.3) is 20.2 Å². The smallest absolute Gasteiger partial charge is 0.281 e. The number of rotatable bonds is 4. The van der Waals surface area contributed by atoms with Gasteiger partial charge in [0, 0.05) is 5.75 Å². The van der Waals surface area contributed by atoms with E-state index in [0.29, 0.717) is 0 Å². The number of hydrogen-bond donors (Lipinski definition) is 4. The third-order valence-corrected chi connectivity index (χ3v) is 5.65. The molecular formula is C3H8O6S4. The summed E-state index contributed by atoms with van der Waals surface area (Å²) in [6.45, 7) is 0. The van der Waals surface area contributed by atoms with E-state index in [2.05, 4.69) is 25.3 Å². The molecule has 0 aromatic carbocycles. The van der Waals surface area contributed by atoms with E-state index in [0.717, 1.165) is 0 Å². The largest absolute Gasteiger partial charge is 0.285 e. The minimum Gasteiger partial charge on any atom is -0.285 e. The molecule has 0 aliphatic heterocycles. The van der Waals surface area contributed by atoms with E-state index >= 15 is 0 Å². The maximum absolute atomic E-state index is 10.6. The predicted octanol–water partition coefficient (Wildman–Crippen LogP) is -0.682. The molecule has 0 heterocycles. The third-order valence-electron chi connectivity index (χ3n) is 1.14. The first-order valence-electron chi connectivity index (χ1n) is 2.77. The van der Waals surface area contributed by atoms with Gasteiger partial charge in [-0.3, -0.25) is 9.11 Å². The molecular weight excluding hydrogens is 260 g/mol. The summed E-state index contributed by atoms with van der Waals surface area (Å²) >= 11 is 6.95. The predicted molar refractivity (Wildman–Crippen MR) is 53.5 cm³/mol. The molecule has 0 saturated carbocycles. The van der Waals surface area contributed by atoms with E-state index < -0.39 is 35.8 Å². The summed E-state index contributed by atoms with van der Waals surface area (Å²) in [6, 6.07) is 0.